The van der Waals surface area contributed by atoms with Crippen LogP contribution in [-0.4, -0.2) is 50.6 Å². The van der Waals surface area contributed by atoms with E-state index in [2.05, 4.69) is 54.2 Å². The minimum Gasteiger partial charge on any atom is -0.469 e. The van der Waals surface area contributed by atoms with Gasteiger partial charge in [0.05, 0.1) is 13.0 Å². The van der Waals surface area contributed by atoms with Crippen LogP contribution in [0, 0.1) is 25.7 Å². The van der Waals surface area contributed by atoms with Crippen LogP contribution in [0.4, 0.5) is 0 Å². The molecule has 24 heavy (non-hydrogen) atoms. The van der Waals surface area contributed by atoms with Gasteiger partial charge in [-0.15, -0.1) is 0 Å². The minimum atomic E-state index is -0.129. The monoisotopic (exact) mass is 331 g/mol. The molecule has 5 nitrogen and oxygen atoms in total. The highest BCUT2D eigenvalue weighted by atomic mass is 16.5. The number of aliphatic imine (C=N–C) groups is 1. The SMILES string of the molecule is CN=C(NCCc1ccc(C)cc1C)N1CC(C)C(C(=O)OC)C1. The molecule has 0 aromatic heterocycles. The van der Waals surface area contributed by atoms with Crippen LogP contribution in [0.3, 0.4) is 0 Å². The quantitative estimate of drug-likeness (QED) is 0.522. The number of guanidine groups is 1. The zero-order chi connectivity index (χ0) is 17.7. The third kappa shape index (κ3) is 4.28. The van der Waals surface area contributed by atoms with Crippen LogP contribution in [0.1, 0.15) is 23.6 Å². The van der Waals surface area contributed by atoms with E-state index in [1.807, 2.05) is 0 Å². The highest BCUT2D eigenvalue weighted by Gasteiger charge is 2.36. The lowest BCUT2D eigenvalue weighted by molar-refractivity contribution is -0.145. The summed E-state index contributed by atoms with van der Waals surface area (Å²) in [6, 6.07) is 6.56. The summed E-state index contributed by atoms with van der Waals surface area (Å²) in [7, 11) is 3.24. The Morgan fingerprint density at radius 3 is 2.75 bits per heavy atom. The number of rotatable bonds is 4. The Balaban J connectivity index is 1.90. The van der Waals surface area contributed by atoms with Crippen LogP contribution in [0.2, 0.25) is 0 Å². The number of methoxy groups -OCH3 is 1. The molecule has 2 rings (SSSR count). The minimum absolute atomic E-state index is 0.0760. The van der Waals surface area contributed by atoms with Crippen molar-refractivity contribution in [3.05, 3.63) is 34.9 Å². The van der Waals surface area contributed by atoms with Crippen LogP contribution in [0.5, 0.6) is 0 Å². The van der Waals surface area contributed by atoms with Crippen molar-refractivity contribution in [1.29, 1.82) is 0 Å². The van der Waals surface area contributed by atoms with Crippen molar-refractivity contribution in [1.82, 2.24) is 10.2 Å². The molecule has 1 N–H and O–H groups in total. The first-order valence-corrected chi connectivity index (χ1v) is 8.55. The fourth-order valence-corrected chi connectivity index (χ4v) is 3.37. The van der Waals surface area contributed by atoms with E-state index in [4.69, 9.17) is 4.74 Å². The molecule has 132 valence electrons. The standard InChI is InChI=1S/C19H29N3O2/c1-13-6-7-16(14(2)10-13)8-9-21-19(20-4)22-11-15(3)17(12-22)18(23)24-5/h6-7,10,15,17H,8-9,11-12H2,1-5H3,(H,20,21). The summed E-state index contributed by atoms with van der Waals surface area (Å²) in [5, 5.41) is 3.42. The van der Waals surface area contributed by atoms with Gasteiger partial charge < -0.3 is 15.0 Å². The smallest absolute Gasteiger partial charge is 0.310 e. The second kappa shape index (κ2) is 8.18. The Bertz CT molecular complexity index is 613. The van der Waals surface area contributed by atoms with Gasteiger partial charge in [-0.25, -0.2) is 0 Å². The van der Waals surface area contributed by atoms with E-state index in [-0.39, 0.29) is 17.8 Å². The molecule has 0 radical (unpaired) electrons. The second-order valence-electron chi connectivity index (χ2n) is 6.67. The van der Waals surface area contributed by atoms with E-state index in [0.29, 0.717) is 6.54 Å². The van der Waals surface area contributed by atoms with Crippen molar-refractivity contribution in [2.75, 3.05) is 33.8 Å². The molecule has 1 saturated heterocycles. The summed E-state index contributed by atoms with van der Waals surface area (Å²) in [5.74, 6) is 0.928. The lowest BCUT2D eigenvalue weighted by Crippen LogP contribution is -2.41. The van der Waals surface area contributed by atoms with Gasteiger partial charge in [0, 0.05) is 26.7 Å². The number of nitrogens with zero attached hydrogens (tertiary/aromatic N) is 2. The first kappa shape index (κ1) is 18.3. The number of likely N-dealkylation sites (tertiary alicyclic amines) is 1. The van der Waals surface area contributed by atoms with Crippen LogP contribution in [-0.2, 0) is 16.0 Å². The molecule has 0 spiro atoms. The molecule has 1 aliphatic heterocycles. The zero-order valence-electron chi connectivity index (χ0n) is 15.4. The molecule has 0 saturated carbocycles. The van der Waals surface area contributed by atoms with Gasteiger partial charge >= 0.3 is 5.97 Å². The largest absolute Gasteiger partial charge is 0.469 e. The Labute approximate surface area is 145 Å². The molecule has 2 unspecified atom stereocenters. The highest BCUT2D eigenvalue weighted by molar-refractivity contribution is 5.82. The first-order valence-electron chi connectivity index (χ1n) is 8.55. The van der Waals surface area contributed by atoms with Crippen LogP contribution in [0.25, 0.3) is 0 Å². The van der Waals surface area contributed by atoms with E-state index in [1.165, 1.54) is 23.8 Å². The van der Waals surface area contributed by atoms with Gasteiger partial charge in [-0.1, -0.05) is 30.7 Å². The molecule has 0 aliphatic carbocycles. The average molecular weight is 331 g/mol. The number of nitrogens with one attached hydrogen (secondary N) is 1. The molecular formula is C19H29N3O2. The van der Waals surface area contributed by atoms with Crippen molar-refractivity contribution in [2.45, 2.75) is 27.2 Å². The zero-order valence-corrected chi connectivity index (χ0v) is 15.4. The van der Waals surface area contributed by atoms with Gasteiger partial charge in [0.2, 0.25) is 0 Å². The fourth-order valence-electron chi connectivity index (χ4n) is 3.37. The number of hydrogen-bond donors (Lipinski definition) is 1. The third-order valence-corrected chi connectivity index (χ3v) is 4.80. The molecule has 1 heterocycles. The van der Waals surface area contributed by atoms with Crippen molar-refractivity contribution in [3.63, 3.8) is 0 Å². The molecule has 2 atom stereocenters. The average Bonchev–Trinajstić information content (AvgIpc) is 2.94. The van der Waals surface area contributed by atoms with Crippen molar-refractivity contribution < 1.29 is 9.53 Å². The van der Waals surface area contributed by atoms with Gasteiger partial charge in [-0.3, -0.25) is 9.79 Å². The molecule has 0 bridgehead atoms. The Hall–Kier alpha value is -2.04. The molecule has 0 amide bonds. The fraction of sp³-hybridized carbons (Fsp3) is 0.579. The molecule has 1 fully saturated rings. The van der Waals surface area contributed by atoms with E-state index < -0.39 is 0 Å². The normalized spacial score (nSPS) is 21.0. The number of carbonyl (C=O) groups is 1. The maximum atomic E-state index is 11.8. The van der Waals surface area contributed by atoms with E-state index >= 15 is 0 Å². The van der Waals surface area contributed by atoms with E-state index in [1.54, 1.807) is 7.05 Å². The van der Waals surface area contributed by atoms with Gasteiger partial charge in [0.1, 0.15) is 0 Å². The van der Waals surface area contributed by atoms with Crippen molar-refractivity contribution >= 4 is 11.9 Å². The van der Waals surface area contributed by atoms with Crippen LogP contribution in [0.15, 0.2) is 23.2 Å². The number of aryl methyl sites for hydroxylation is 2. The summed E-state index contributed by atoms with van der Waals surface area (Å²) >= 11 is 0. The van der Waals surface area contributed by atoms with Gasteiger partial charge in [-0.05, 0) is 37.3 Å². The highest BCUT2D eigenvalue weighted by Crippen LogP contribution is 2.24. The number of benzene rings is 1. The molecule has 1 aromatic rings. The summed E-state index contributed by atoms with van der Waals surface area (Å²) in [6.07, 6.45) is 0.953. The first-order chi connectivity index (χ1) is 11.5. The predicted molar refractivity (Wildman–Crippen MR) is 97.2 cm³/mol. The number of ether oxygens (including phenoxy) is 1. The Morgan fingerprint density at radius 1 is 1.38 bits per heavy atom. The van der Waals surface area contributed by atoms with E-state index in [9.17, 15) is 4.79 Å². The van der Waals surface area contributed by atoms with Crippen LogP contribution < -0.4 is 5.32 Å². The molecule has 5 heteroatoms. The third-order valence-electron chi connectivity index (χ3n) is 4.80. The Morgan fingerprint density at radius 2 is 2.12 bits per heavy atom. The number of hydrogen-bond acceptors (Lipinski definition) is 3. The summed E-state index contributed by atoms with van der Waals surface area (Å²) in [4.78, 5) is 18.4. The van der Waals surface area contributed by atoms with E-state index in [0.717, 1.165) is 25.5 Å². The van der Waals surface area contributed by atoms with Gasteiger partial charge in [0.15, 0.2) is 5.96 Å². The van der Waals surface area contributed by atoms with Gasteiger partial charge in [-0.2, -0.15) is 0 Å². The molecule has 1 aliphatic rings. The summed E-state index contributed by atoms with van der Waals surface area (Å²) in [6.45, 7) is 8.67. The summed E-state index contributed by atoms with van der Waals surface area (Å²) in [5.41, 5.74) is 3.97. The van der Waals surface area contributed by atoms with Crippen molar-refractivity contribution in [2.24, 2.45) is 16.8 Å². The maximum absolute atomic E-state index is 11.8. The predicted octanol–water partition coefficient (Wildman–Crippen LogP) is 2.16. The molecule has 1 aromatic carbocycles. The topological polar surface area (TPSA) is 53.9 Å². The lowest BCUT2D eigenvalue weighted by atomic mass is 9.99. The summed E-state index contributed by atoms with van der Waals surface area (Å²) < 4.78 is 4.90. The Kier molecular flexibility index (Phi) is 6.23. The number of esters is 1. The van der Waals surface area contributed by atoms with Crippen LogP contribution >= 0.6 is 0 Å². The number of carbonyl (C=O) groups excluding carboxylic acids is 1. The van der Waals surface area contributed by atoms with Crippen molar-refractivity contribution in [3.8, 4) is 0 Å². The maximum Gasteiger partial charge on any atom is 0.310 e. The van der Waals surface area contributed by atoms with Gasteiger partial charge in [0.25, 0.3) is 0 Å². The second-order valence-corrected chi connectivity index (χ2v) is 6.67. The molecular weight excluding hydrogens is 302 g/mol. The lowest BCUT2D eigenvalue weighted by Gasteiger charge is -2.21.